The van der Waals surface area contributed by atoms with Crippen molar-refractivity contribution in [1.82, 2.24) is 4.57 Å². The van der Waals surface area contributed by atoms with Crippen LogP contribution in [0.1, 0.15) is 29.9 Å². The summed E-state index contributed by atoms with van der Waals surface area (Å²) in [5.41, 5.74) is 2.65. The fourth-order valence-corrected chi connectivity index (χ4v) is 3.21. The van der Waals surface area contributed by atoms with Gasteiger partial charge in [0.05, 0.1) is 11.2 Å². The van der Waals surface area contributed by atoms with E-state index in [4.69, 9.17) is 4.74 Å². The number of carbonyl (C=O) groups excluding carboxylic acids is 3. The number of hydrogen-bond acceptors (Lipinski definition) is 5. The third kappa shape index (κ3) is 3.58. The molecule has 1 amide bonds. The molecular formula is C22H17N3O4. The topological polar surface area (TPSA) is 89.8 Å². The van der Waals surface area contributed by atoms with Crippen LogP contribution in [0.2, 0.25) is 0 Å². The Kier molecular flexibility index (Phi) is 4.56. The van der Waals surface area contributed by atoms with Gasteiger partial charge in [0.25, 0.3) is 0 Å². The fourth-order valence-electron chi connectivity index (χ4n) is 3.21. The van der Waals surface area contributed by atoms with E-state index >= 15 is 0 Å². The average molecular weight is 387 g/mol. The molecule has 0 spiro atoms. The van der Waals surface area contributed by atoms with Gasteiger partial charge in [0.1, 0.15) is 0 Å². The lowest BCUT2D eigenvalue weighted by molar-refractivity contribution is -0.130. The SMILES string of the molecule is CC(=O)Nc1ccc(C2=N/C(=C\c3cc4ccccc4n3C(C)=O)C(=O)O2)cc1. The molecule has 29 heavy (non-hydrogen) atoms. The summed E-state index contributed by atoms with van der Waals surface area (Å²) in [4.78, 5) is 39.9. The van der Waals surface area contributed by atoms with Gasteiger partial charge >= 0.3 is 5.97 Å². The van der Waals surface area contributed by atoms with E-state index in [-0.39, 0.29) is 23.4 Å². The van der Waals surface area contributed by atoms with E-state index in [1.807, 2.05) is 30.3 Å². The molecule has 0 unspecified atom stereocenters. The monoisotopic (exact) mass is 387 g/mol. The number of aromatic nitrogens is 1. The molecule has 144 valence electrons. The van der Waals surface area contributed by atoms with E-state index in [0.717, 1.165) is 10.9 Å². The molecular weight excluding hydrogens is 370 g/mol. The van der Waals surface area contributed by atoms with Gasteiger partial charge in [-0.05, 0) is 42.5 Å². The van der Waals surface area contributed by atoms with Gasteiger partial charge in [-0.1, -0.05) is 18.2 Å². The molecule has 1 aliphatic rings. The number of rotatable bonds is 3. The summed E-state index contributed by atoms with van der Waals surface area (Å²) in [5, 5.41) is 3.56. The number of amides is 1. The number of esters is 1. The first-order valence-electron chi connectivity index (χ1n) is 8.94. The number of nitrogens with one attached hydrogen (secondary N) is 1. The number of benzene rings is 2. The molecule has 2 aromatic carbocycles. The molecule has 0 aliphatic carbocycles. The van der Waals surface area contributed by atoms with Crippen LogP contribution in [0.25, 0.3) is 17.0 Å². The van der Waals surface area contributed by atoms with E-state index < -0.39 is 5.97 Å². The number of anilines is 1. The second kappa shape index (κ2) is 7.20. The highest BCUT2D eigenvalue weighted by Crippen LogP contribution is 2.25. The molecule has 0 saturated carbocycles. The van der Waals surface area contributed by atoms with Crippen molar-refractivity contribution in [3.8, 4) is 0 Å². The van der Waals surface area contributed by atoms with Gasteiger partial charge in [-0.15, -0.1) is 0 Å². The van der Waals surface area contributed by atoms with Crippen LogP contribution in [0.4, 0.5) is 5.69 Å². The summed E-state index contributed by atoms with van der Waals surface area (Å²) in [6.45, 7) is 2.89. The van der Waals surface area contributed by atoms with Crippen LogP contribution >= 0.6 is 0 Å². The molecule has 7 heteroatoms. The summed E-state index contributed by atoms with van der Waals surface area (Å²) < 4.78 is 6.82. The molecule has 3 aromatic rings. The van der Waals surface area contributed by atoms with Crippen LogP contribution in [0, 0.1) is 0 Å². The molecule has 0 fully saturated rings. The van der Waals surface area contributed by atoms with E-state index in [1.165, 1.54) is 18.4 Å². The van der Waals surface area contributed by atoms with Gasteiger partial charge in [-0.3, -0.25) is 14.2 Å². The number of hydrogen-bond donors (Lipinski definition) is 1. The van der Waals surface area contributed by atoms with Crippen molar-refractivity contribution in [2.24, 2.45) is 4.99 Å². The largest absolute Gasteiger partial charge is 0.402 e. The molecule has 0 atom stereocenters. The minimum atomic E-state index is -0.591. The summed E-state index contributed by atoms with van der Waals surface area (Å²) in [5.74, 6) is -0.761. The van der Waals surface area contributed by atoms with Crippen molar-refractivity contribution in [1.29, 1.82) is 0 Å². The van der Waals surface area contributed by atoms with Gasteiger partial charge < -0.3 is 10.1 Å². The van der Waals surface area contributed by atoms with Crippen molar-refractivity contribution in [2.75, 3.05) is 5.32 Å². The van der Waals surface area contributed by atoms with Crippen LogP contribution in [0.3, 0.4) is 0 Å². The standard InChI is InChI=1S/C22H17N3O4/c1-13(26)23-17-9-7-15(8-10-17)21-24-19(22(28)29-21)12-18-11-16-5-3-4-6-20(16)25(18)14(2)27/h3-12H,1-2H3,(H,23,26)/b19-12-. The van der Waals surface area contributed by atoms with E-state index in [1.54, 1.807) is 30.3 Å². The lowest BCUT2D eigenvalue weighted by Crippen LogP contribution is -2.08. The van der Waals surface area contributed by atoms with Crippen molar-refractivity contribution in [2.45, 2.75) is 13.8 Å². The highest BCUT2D eigenvalue weighted by molar-refractivity contribution is 6.13. The molecule has 1 aliphatic heterocycles. The minimum absolute atomic E-state index is 0.108. The Balaban J connectivity index is 1.70. The normalized spacial score (nSPS) is 14.8. The van der Waals surface area contributed by atoms with Crippen LogP contribution in [0.5, 0.6) is 0 Å². The maximum atomic E-state index is 12.3. The Hall–Kier alpha value is -4.00. The number of carbonyl (C=O) groups is 3. The van der Waals surface area contributed by atoms with E-state index in [2.05, 4.69) is 10.3 Å². The number of ether oxygens (including phenoxy) is 1. The van der Waals surface area contributed by atoms with Crippen LogP contribution in [-0.4, -0.2) is 28.2 Å². The molecule has 2 heterocycles. The first kappa shape index (κ1) is 18.4. The van der Waals surface area contributed by atoms with Crippen LogP contribution in [0.15, 0.2) is 65.3 Å². The van der Waals surface area contributed by atoms with Crippen molar-refractivity contribution < 1.29 is 19.1 Å². The third-order valence-corrected chi connectivity index (χ3v) is 4.41. The molecule has 0 radical (unpaired) electrons. The summed E-state index contributed by atoms with van der Waals surface area (Å²) in [6.07, 6.45) is 1.54. The Morgan fingerprint density at radius 2 is 1.79 bits per heavy atom. The van der Waals surface area contributed by atoms with Crippen LogP contribution < -0.4 is 5.32 Å². The number of fused-ring (bicyclic) bond motifs is 1. The number of cyclic esters (lactones) is 1. The lowest BCUT2D eigenvalue weighted by Gasteiger charge is -2.03. The Bertz CT molecular complexity index is 1220. The maximum absolute atomic E-state index is 12.3. The third-order valence-electron chi connectivity index (χ3n) is 4.41. The van der Waals surface area contributed by atoms with Gasteiger partial charge in [-0.25, -0.2) is 9.79 Å². The van der Waals surface area contributed by atoms with Crippen LogP contribution in [-0.2, 0) is 14.3 Å². The first-order chi connectivity index (χ1) is 13.9. The number of para-hydroxylation sites is 1. The predicted octanol–water partition coefficient (Wildman–Crippen LogP) is 3.60. The van der Waals surface area contributed by atoms with Gasteiger partial charge in [0, 0.05) is 30.5 Å². The summed E-state index contributed by atoms with van der Waals surface area (Å²) in [6, 6.07) is 16.1. The quantitative estimate of drug-likeness (QED) is 0.549. The van der Waals surface area contributed by atoms with Crippen molar-refractivity contribution in [3.05, 3.63) is 71.6 Å². The average Bonchev–Trinajstić information content (AvgIpc) is 3.22. The Morgan fingerprint density at radius 3 is 2.48 bits per heavy atom. The highest BCUT2D eigenvalue weighted by atomic mass is 16.6. The fraction of sp³-hybridized carbons (Fsp3) is 0.0909. The number of nitrogens with zero attached hydrogens (tertiary/aromatic N) is 2. The molecule has 1 N–H and O–H groups in total. The second-order valence-electron chi connectivity index (χ2n) is 6.58. The second-order valence-corrected chi connectivity index (χ2v) is 6.58. The predicted molar refractivity (Wildman–Crippen MR) is 110 cm³/mol. The molecule has 1 aromatic heterocycles. The Labute approximate surface area is 166 Å². The van der Waals surface area contributed by atoms with Crippen molar-refractivity contribution >= 4 is 46.3 Å². The lowest BCUT2D eigenvalue weighted by atomic mass is 10.2. The zero-order valence-corrected chi connectivity index (χ0v) is 15.8. The van der Waals surface area contributed by atoms with Crippen molar-refractivity contribution in [3.63, 3.8) is 0 Å². The van der Waals surface area contributed by atoms with Gasteiger partial charge in [-0.2, -0.15) is 0 Å². The Morgan fingerprint density at radius 1 is 1.07 bits per heavy atom. The highest BCUT2D eigenvalue weighted by Gasteiger charge is 2.25. The maximum Gasteiger partial charge on any atom is 0.363 e. The van der Waals surface area contributed by atoms with E-state index in [0.29, 0.717) is 16.9 Å². The van der Waals surface area contributed by atoms with Gasteiger partial charge in [0.15, 0.2) is 5.70 Å². The zero-order chi connectivity index (χ0) is 20.5. The smallest absolute Gasteiger partial charge is 0.363 e. The van der Waals surface area contributed by atoms with Gasteiger partial charge in [0.2, 0.25) is 17.7 Å². The first-order valence-corrected chi connectivity index (χ1v) is 8.94. The minimum Gasteiger partial charge on any atom is -0.402 e. The molecule has 4 rings (SSSR count). The zero-order valence-electron chi connectivity index (χ0n) is 15.8. The van der Waals surface area contributed by atoms with E-state index in [9.17, 15) is 14.4 Å². The molecule has 0 saturated heterocycles. The summed E-state index contributed by atoms with van der Waals surface area (Å²) in [7, 11) is 0. The molecule has 0 bridgehead atoms. The summed E-state index contributed by atoms with van der Waals surface area (Å²) >= 11 is 0. The molecule has 7 nitrogen and oxygen atoms in total. The number of aliphatic imine (C=N–C) groups is 1.